The van der Waals surface area contributed by atoms with E-state index in [-0.39, 0.29) is 5.92 Å². The molecule has 132 valence electrons. The fraction of sp³-hybridized carbons (Fsp3) is 0.429. The number of carbonyl (C=O) groups excluding carboxylic acids is 1. The zero-order chi connectivity index (χ0) is 17.3. The highest BCUT2D eigenvalue weighted by molar-refractivity contribution is 5.79. The van der Waals surface area contributed by atoms with Gasteiger partial charge in [-0.3, -0.25) is 14.7 Å². The van der Waals surface area contributed by atoms with E-state index in [1.807, 2.05) is 30.5 Å². The molecule has 0 radical (unpaired) electrons. The molecular weight excluding hydrogens is 312 g/mol. The summed E-state index contributed by atoms with van der Waals surface area (Å²) >= 11 is 0. The van der Waals surface area contributed by atoms with Crippen molar-refractivity contribution in [2.45, 2.75) is 25.2 Å². The molecule has 3 rings (SSSR count). The average Bonchev–Trinajstić information content (AvgIpc) is 2.68. The molecule has 1 unspecified atom stereocenters. The van der Waals surface area contributed by atoms with E-state index in [0.717, 1.165) is 44.8 Å². The highest BCUT2D eigenvalue weighted by atomic mass is 16.5. The summed E-state index contributed by atoms with van der Waals surface area (Å²) in [7, 11) is 0. The van der Waals surface area contributed by atoms with Crippen molar-refractivity contribution in [3.63, 3.8) is 0 Å². The van der Waals surface area contributed by atoms with Gasteiger partial charge in [0.15, 0.2) is 0 Å². The van der Waals surface area contributed by atoms with Crippen LogP contribution in [0.3, 0.4) is 0 Å². The summed E-state index contributed by atoms with van der Waals surface area (Å²) in [5, 5.41) is 0. The van der Waals surface area contributed by atoms with Gasteiger partial charge in [-0.25, -0.2) is 0 Å². The Kier molecular flexibility index (Phi) is 6.71. The van der Waals surface area contributed by atoms with Crippen molar-refractivity contribution in [3.05, 3.63) is 66.0 Å². The first-order valence-corrected chi connectivity index (χ1v) is 9.09. The molecule has 1 aliphatic heterocycles. The third-order valence-corrected chi connectivity index (χ3v) is 4.75. The lowest BCUT2D eigenvalue weighted by molar-refractivity contribution is -0.119. The van der Waals surface area contributed by atoms with E-state index in [4.69, 9.17) is 4.74 Å². The second kappa shape index (κ2) is 9.44. The quantitative estimate of drug-likeness (QED) is 0.741. The molecule has 0 bridgehead atoms. The number of pyridine rings is 1. The van der Waals surface area contributed by atoms with Crippen LogP contribution in [0.2, 0.25) is 0 Å². The molecule has 0 spiro atoms. The molecule has 4 heteroatoms. The molecule has 2 aromatic rings. The predicted molar refractivity (Wildman–Crippen MR) is 98.6 cm³/mol. The van der Waals surface area contributed by atoms with Crippen molar-refractivity contribution < 1.29 is 9.53 Å². The van der Waals surface area contributed by atoms with Crippen LogP contribution in [0.15, 0.2) is 54.9 Å². The van der Waals surface area contributed by atoms with Crippen molar-refractivity contribution in [2.24, 2.45) is 0 Å². The van der Waals surface area contributed by atoms with Gasteiger partial charge in [-0.15, -0.1) is 0 Å². The molecule has 1 aromatic heterocycles. The minimum Gasteiger partial charge on any atom is -0.379 e. The minimum absolute atomic E-state index is 0.0887. The molecular formula is C21H26N2O2. The second-order valence-electron chi connectivity index (χ2n) is 6.55. The second-order valence-corrected chi connectivity index (χ2v) is 6.55. The number of morpholine rings is 1. The normalized spacial score (nSPS) is 16.5. The predicted octanol–water partition coefficient (Wildman–Crippen LogP) is 3.29. The number of hydrogen-bond donors (Lipinski definition) is 0. The van der Waals surface area contributed by atoms with E-state index in [2.05, 4.69) is 28.1 Å². The highest BCUT2D eigenvalue weighted by Gasteiger charge is 2.18. The van der Waals surface area contributed by atoms with Gasteiger partial charge in [-0.1, -0.05) is 36.4 Å². The first-order valence-electron chi connectivity index (χ1n) is 9.09. The van der Waals surface area contributed by atoms with Gasteiger partial charge in [-0.2, -0.15) is 0 Å². The monoisotopic (exact) mass is 338 g/mol. The molecule has 0 aliphatic carbocycles. The van der Waals surface area contributed by atoms with Crippen LogP contribution in [0.5, 0.6) is 0 Å². The Labute approximate surface area is 149 Å². The standard InChI is InChI=1S/C21H26N2O2/c24-20(9-5-11-23-12-14-25-15-13-23)16-21(18-6-2-1-3-7-18)19-8-4-10-22-17-19/h1-4,6-8,10,17,21H,5,9,11-16H2. The molecule has 0 amide bonds. The van der Waals surface area contributed by atoms with Crippen LogP contribution in [0, 0.1) is 0 Å². The first kappa shape index (κ1) is 17.8. The maximum atomic E-state index is 12.6. The number of nitrogens with zero attached hydrogens (tertiary/aromatic N) is 2. The van der Waals surface area contributed by atoms with Crippen LogP contribution >= 0.6 is 0 Å². The van der Waals surface area contributed by atoms with Gasteiger partial charge in [0.05, 0.1) is 13.2 Å². The summed E-state index contributed by atoms with van der Waals surface area (Å²) in [5.41, 5.74) is 2.28. The van der Waals surface area contributed by atoms with E-state index in [1.54, 1.807) is 6.20 Å². The van der Waals surface area contributed by atoms with E-state index in [9.17, 15) is 4.79 Å². The first-order chi connectivity index (χ1) is 12.3. The van der Waals surface area contributed by atoms with Crippen molar-refractivity contribution in [1.82, 2.24) is 9.88 Å². The Morgan fingerprint density at radius 3 is 2.56 bits per heavy atom. The maximum Gasteiger partial charge on any atom is 0.133 e. The van der Waals surface area contributed by atoms with Gasteiger partial charge >= 0.3 is 0 Å². The number of rotatable bonds is 8. The third kappa shape index (κ3) is 5.48. The lowest BCUT2D eigenvalue weighted by Crippen LogP contribution is -2.36. The average molecular weight is 338 g/mol. The Morgan fingerprint density at radius 1 is 1.08 bits per heavy atom. The van der Waals surface area contributed by atoms with E-state index < -0.39 is 0 Å². The summed E-state index contributed by atoms with van der Waals surface area (Å²) in [4.78, 5) is 19.2. The maximum absolute atomic E-state index is 12.6. The zero-order valence-electron chi connectivity index (χ0n) is 14.6. The summed E-state index contributed by atoms with van der Waals surface area (Å²) in [6.07, 6.45) is 5.75. The Bertz CT molecular complexity index is 600. The molecule has 1 aliphatic rings. The molecule has 2 heterocycles. The number of ether oxygens (including phenoxy) is 1. The van der Waals surface area contributed by atoms with Crippen LogP contribution in [0.25, 0.3) is 0 Å². The summed E-state index contributed by atoms with van der Waals surface area (Å²) in [6.45, 7) is 4.57. The SMILES string of the molecule is O=C(CCCN1CCOCC1)CC(c1ccccc1)c1cccnc1. The fourth-order valence-electron chi connectivity index (χ4n) is 3.35. The largest absolute Gasteiger partial charge is 0.379 e. The van der Waals surface area contributed by atoms with E-state index >= 15 is 0 Å². The molecule has 1 atom stereocenters. The van der Waals surface area contributed by atoms with Crippen molar-refractivity contribution in [1.29, 1.82) is 0 Å². The van der Waals surface area contributed by atoms with Crippen LogP contribution in [0.4, 0.5) is 0 Å². The number of Topliss-reactive ketones (excluding diaryl/α,β-unsaturated/α-hetero) is 1. The molecule has 1 aromatic carbocycles. The number of aromatic nitrogens is 1. The number of carbonyl (C=O) groups is 1. The van der Waals surface area contributed by atoms with Gasteiger partial charge in [-0.05, 0) is 30.2 Å². The third-order valence-electron chi connectivity index (χ3n) is 4.75. The Morgan fingerprint density at radius 2 is 1.84 bits per heavy atom. The summed E-state index contributed by atoms with van der Waals surface area (Å²) in [5.74, 6) is 0.414. The molecule has 1 saturated heterocycles. The summed E-state index contributed by atoms with van der Waals surface area (Å²) < 4.78 is 5.36. The number of benzene rings is 1. The fourth-order valence-corrected chi connectivity index (χ4v) is 3.35. The van der Waals surface area contributed by atoms with E-state index in [1.165, 1.54) is 5.56 Å². The van der Waals surface area contributed by atoms with Crippen molar-refractivity contribution in [2.75, 3.05) is 32.8 Å². The van der Waals surface area contributed by atoms with Crippen LogP contribution in [-0.2, 0) is 9.53 Å². The van der Waals surface area contributed by atoms with Gasteiger partial charge < -0.3 is 4.74 Å². The Hall–Kier alpha value is -2.04. The number of hydrogen-bond acceptors (Lipinski definition) is 4. The molecule has 1 fully saturated rings. The lowest BCUT2D eigenvalue weighted by Gasteiger charge is -2.26. The van der Waals surface area contributed by atoms with Crippen molar-refractivity contribution >= 4 is 5.78 Å². The van der Waals surface area contributed by atoms with Crippen molar-refractivity contribution in [3.8, 4) is 0 Å². The van der Waals surface area contributed by atoms with E-state index in [0.29, 0.717) is 18.6 Å². The minimum atomic E-state index is 0.0887. The van der Waals surface area contributed by atoms with Gasteiger partial charge in [0.2, 0.25) is 0 Å². The van der Waals surface area contributed by atoms with Gasteiger partial charge in [0, 0.05) is 44.2 Å². The van der Waals surface area contributed by atoms with Gasteiger partial charge in [0.25, 0.3) is 0 Å². The summed E-state index contributed by atoms with van der Waals surface area (Å²) in [6, 6.07) is 14.3. The molecule has 25 heavy (non-hydrogen) atoms. The molecule has 0 N–H and O–H groups in total. The topological polar surface area (TPSA) is 42.4 Å². The smallest absolute Gasteiger partial charge is 0.133 e. The lowest BCUT2D eigenvalue weighted by atomic mass is 9.87. The molecule has 4 nitrogen and oxygen atoms in total. The zero-order valence-corrected chi connectivity index (χ0v) is 14.6. The Balaban J connectivity index is 1.57. The van der Waals surface area contributed by atoms with Crippen LogP contribution < -0.4 is 0 Å². The van der Waals surface area contributed by atoms with Gasteiger partial charge in [0.1, 0.15) is 5.78 Å². The van der Waals surface area contributed by atoms with Crippen LogP contribution in [-0.4, -0.2) is 48.5 Å². The van der Waals surface area contributed by atoms with Crippen LogP contribution in [0.1, 0.15) is 36.3 Å². The highest BCUT2D eigenvalue weighted by Crippen LogP contribution is 2.28. The number of ketones is 1. The molecule has 0 saturated carbocycles.